The minimum Gasteiger partial charge on any atom is -0.493 e. The first kappa shape index (κ1) is 41.0. The lowest BCUT2D eigenvalue weighted by Crippen LogP contribution is -2.53. The summed E-state index contributed by atoms with van der Waals surface area (Å²) in [6, 6.07) is 14.2. The van der Waals surface area contributed by atoms with Crippen molar-refractivity contribution in [3.8, 4) is 16.9 Å². The molecule has 294 valence electrons. The summed E-state index contributed by atoms with van der Waals surface area (Å²) in [4.78, 5) is 34.6. The summed E-state index contributed by atoms with van der Waals surface area (Å²) in [5.41, 5.74) is 4.13. The number of aromatic nitrogens is 1. The van der Waals surface area contributed by atoms with E-state index in [4.69, 9.17) is 23.9 Å². The molecule has 2 aliphatic rings. The van der Waals surface area contributed by atoms with E-state index in [1.54, 1.807) is 17.0 Å². The second-order valence-corrected chi connectivity index (χ2v) is 17.4. The molecule has 2 fully saturated rings. The number of nitrogens with zero attached hydrogens (tertiary/aromatic N) is 3. The number of piperidine rings is 1. The molecule has 2 aliphatic heterocycles. The molecule has 3 aromatic rings. The summed E-state index contributed by atoms with van der Waals surface area (Å²) >= 11 is 0. The minimum absolute atomic E-state index is 0.155. The van der Waals surface area contributed by atoms with Gasteiger partial charge in [0, 0.05) is 55.3 Å². The van der Waals surface area contributed by atoms with Gasteiger partial charge in [-0.15, -0.1) is 0 Å². The maximum absolute atomic E-state index is 13.4. The predicted molar refractivity (Wildman–Crippen MR) is 207 cm³/mol. The van der Waals surface area contributed by atoms with Crippen molar-refractivity contribution < 1.29 is 38.0 Å². The number of pyridine rings is 1. The topological polar surface area (TPSA) is 111 Å². The Balaban J connectivity index is 1.48. The fraction of sp³-hybridized carbons (Fsp3) is 0.558. The molecule has 2 aromatic carbocycles. The van der Waals surface area contributed by atoms with Crippen LogP contribution in [0.2, 0.25) is 0 Å². The van der Waals surface area contributed by atoms with Crippen molar-refractivity contribution in [3.63, 3.8) is 0 Å². The first-order valence-electron chi connectivity index (χ1n) is 19.0. The van der Waals surface area contributed by atoms with E-state index in [1.165, 1.54) is 12.1 Å². The zero-order valence-corrected chi connectivity index (χ0v) is 33.5. The number of aliphatic carboxylic acids is 1. The summed E-state index contributed by atoms with van der Waals surface area (Å²) in [5.74, 6) is -0.506. The molecule has 11 heteroatoms. The lowest BCUT2D eigenvalue weighted by Gasteiger charge is -2.41. The van der Waals surface area contributed by atoms with Gasteiger partial charge in [-0.2, -0.15) is 0 Å². The summed E-state index contributed by atoms with van der Waals surface area (Å²) in [6.07, 6.45) is 0.933. The number of hydrogen-bond acceptors (Lipinski definition) is 8. The predicted octanol–water partition coefficient (Wildman–Crippen LogP) is 8.77. The van der Waals surface area contributed by atoms with Crippen LogP contribution in [-0.2, 0) is 32.0 Å². The van der Waals surface area contributed by atoms with Gasteiger partial charge in [-0.25, -0.2) is 14.0 Å². The molecule has 0 spiro atoms. The van der Waals surface area contributed by atoms with Gasteiger partial charge in [-0.1, -0.05) is 38.1 Å². The molecule has 0 radical (unpaired) electrons. The second-order valence-electron chi connectivity index (χ2n) is 17.4. The summed E-state index contributed by atoms with van der Waals surface area (Å²) in [7, 11) is 0. The van der Waals surface area contributed by atoms with E-state index in [1.807, 2.05) is 72.7 Å². The van der Waals surface area contributed by atoms with Gasteiger partial charge >= 0.3 is 12.1 Å². The first-order valence-corrected chi connectivity index (χ1v) is 19.0. The zero-order valence-electron chi connectivity index (χ0n) is 33.5. The molecule has 5 rings (SSSR count). The quantitative estimate of drug-likeness (QED) is 0.184. The number of carboxylic acids is 1. The lowest BCUT2D eigenvalue weighted by atomic mass is 9.81. The van der Waals surface area contributed by atoms with Crippen LogP contribution >= 0.6 is 0 Å². The number of carbonyl (C=O) groups excluding carboxylic acids is 1. The maximum atomic E-state index is 13.4. The van der Waals surface area contributed by atoms with E-state index in [0.717, 1.165) is 48.3 Å². The van der Waals surface area contributed by atoms with E-state index in [0.29, 0.717) is 55.4 Å². The third kappa shape index (κ3) is 10.9. The Kier molecular flexibility index (Phi) is 12.6. The molecule has 1 N–H and O–H groups in total. The average Bonchev–Trinajstić information content (AvgIpc) is 3.04. The second kappa shape index (κ2) is 16.7. The van der Waals surface area contributed by atoms with Crippen LogP contribution in [-0.4, -0.2) is 77.6 Å². The number of aryl methyl sites for hydroxylation is 1. The van der Waals surface area contributed by atoms with E-state index >= 15 is 0 Å². The molecule has 0 aliphatic carbocycles. The normalized spacial score (nSPS) is 16.9. The molecule has 1 atom stereocenters. The van der Waals surface area contributed by atoms with Crippen LogP contribution < -0.4 is 9.64 Å². The van der Waals surface area contributed by atoms with Crippen molar-refractivity contribution in [1.29, 1.82) is 0 Å². The van der Waals surface area contributed by atoms with Crippen LogP contribution in [0.4, 0.5) is 14.9 Å². The minimum atomic E-state index is -1.25. The highest BCUT2D eigenvalue weighted by Crippen LogP contribution is 2.45. The number of hydrogen-bond donors (Lipinski definition) is 1. The summed E-state index contributed by atoms with van der Waals surface area (Å²) < 4.78 is 37.6. The molecule has 0 bridgehead atoms. The summed E-state index contributed by atoms with van der Waals surface area (Å²) in [5, 5.41) is 10.7. The molecule has 3 heterocycles. The van der Waals surface area contributed by atoms with Crippen LogP contribution in [0.3, 0.4) is 0 Å². The number of rotatable bonds is 13. The highest BCUT2D eigenvalue weighted by Gasteiger charge is 2.38. The SMILES string of the molecule is Cc1nc(COCC2CN(C(=O)OC(C)(C)C)C2)c(-c2ccc(OCCc3ccc(F)cc3)cc2)c(N2CCC(C)(C)CC2)c1C(OC(C)(C)C)C(=O)O. The number of anilines is 1. The number of amides is 1. The zero-order chi connectivity index (χ0) is 39.4. The number of halogens is 1. The molecule has 2 saturated heterocycles. The number of ether oxygens (including phenoxy) is 4. The van der Waals surface area contributed by atoms with Crippen molar-refractivity contribution in [1.82, 2.24) is 9.88 Å². The number of benzene rings is 2. The van der Waals surface area contributed by atoms with Gasteiger partial charge in [-0.05, 0) is 102 Å². The summed E-state index contributed by atoms with van der Waals surface area (Å²) in [6.45, 7) is 21.2. The monoisotopic (exact) mass is 747 g/mol. The Morgan fingerprint density at radius 2 is 1.59 bits per heavy atom. The van der Waals surface area contributed by atoms with Crippen molar-refractivity contribution in [3.05, 3.63) is 76.9 Å². The number of likely N-dealkylation sites (tertiary alicyclic amines) is 1. The van der Waals surface area contributed by atoms with Crippen LogP contribution in [0, 0.1) is 24.1 Å². The molecule has 1 amide bonds. The van der Waals surface area contributed by atoms with Gasteiger partial charge in [0.05, 0.1) is 36.8 Å². The van der Waals surface area contributed by atoms with Gasteiger partial charge in [0.2, 0.25) is 0 Å². The Labute approximate surface area is 319 Å². The Bertz CT molecular complexity index is 1750. The van der Waals surface area contributed by atoms with Crippen LogP contribution in [0.1, 0.15) is 96.9 Å². The lowest BCUT2D eigenvalue weighted by molar-refractivity contribution is -0.160. The molecular weight excluding hydrogens is 689 g/mol. The standard InChI is InChI=1S/C43H58FN3O7/c1-28-35(38(39(48)49)53-41(2,3)4)37(46-21-19-43(8,9)20-22-46)36(31-12-16-33(17-13-31)52-23-18-29-10-14-32(44)15-11-29)34(45-28)27-51-26-30-24-47(25-30)40(50)54-42(5,6)7/h10-17,30,38H,18-27H2,1-9H3,(H,48,49). The van der Waals surface area contributed by atoms with Crippen molar-refractivity contribution >= 4 is 17.7 Å². The fourth-order valence-corrected chi connectivity index (χ4v) is 6.86. The van der Waals surface area contributed by atoms with Gasteiger partial charge in [0.15, 0.2) is 6.10 Å². The maximum Gasteiger partial charge on any atom is 0.410 e. The number of carboxylic acid groups (broad SMARTS) is 1. The molecule has 1 aromatic heterocycles. The van der Waals surface area contributed by atoms with E-state index in [9.17, 15) is 19.1 Å². The molecular formula is C43H58FN3O7. The largest absolute Gasteiger partial charge is 0.493 e. The van der Waals surface area contributed by atoms with Crippen molar-refractivity contribution in [2.24, 2.45) is 11.3 Å². The third-order valence-corrected chi connectivity index (χ3v) is 9.78. The average molecular weight is 748 g/mol. The first-order chi connectivity index (χ1) is 25.3. The van der Waals surface area contributed by atoms with Crippen LogP contribution in [0.15, 0.2) is 48.5 Å². The highest BCUT2D eigenvalue weighted by molar-refractivity contribution is 5.88. The van der Waals surface area contributed by atoms with Gasteiger partial charge in [0.25, 0.3) is 0 Å². The smallest absolute Gasteiger partial charge is 0.410 e. The Morgan fingerprint density at radius 3 is 2.17 bits per heavy atom. The fourth-order valence-electron chi connectivity index (χ4n) is 6.86. The third-order valence-electron chi connectivity index (χ3n) is 9.78. The van der Waals surface area contributed by atoms with Crippen LogP contribution in [0.5, 0.6) is 5.75 Å². The molecule has 10 nitrogen and oxygen atoms in total. The van der Waals surface area contributed by atoms with Gasteiger partial charge in [-0.3, -0.25) is 4.98 Å². The highest BCUT2D eigenvalue weighted by atomic mass is 19.1. The molecule has 0 saturated carbocycles. The molecule has 1 unspecified atom stereocenters. The van der Waals surface area contributed by atoms with Crippen molar-refractivity contribution in [2.75, 3.05) is 44.3 Å². The van der Waals surface area contributed by atoms with Crippen LogP contribution in [0.25, 0.3) is 11.1 Å². The van der Waals surface area contributed by atoms with Gasteiger partial charge < -0.3 is 33.9 Å². The Hall–Kier alpha value is -4.22. The molecule has 54 heavy (non-hydrogen) atoms. The van der Waals surface area contributed by atoms with E-state index < -0.39 is 23.3 Å². The van der Waals surface area contributed by atoms with E-state index in [-0.39, 0.29) is 29.9 Å². The van der Waals surface area contributed by atoms with Gasteiger partial charge in [0.1, 0.15) is 17.2 Å². The number of carbonyl (C=O) groups is 2. The Morgan fingerprint density at radius 1 is 0.963 bits per heavy atom. The van der Waals surface area contributed by atoms with E-state index in [2.05, 4.69) is 18.7 Å². The van der Waals surface area contributed by atoms with Crippen molar-refractivity contribution in [2.45, 2.75) is 105 Å².